The number of anilines is 2. The van der Waals surface area contributed by atoms with Crippen LogP contribution >= 0.6 is 11.6 Å². The van der Waals surface area contributed by atoms with E-state index in [1.54, 1.807) is 30.1 Å². The Hall–Kier alpha value is -2.34. The van der Waals surface area contributed by atoms with Crippen molar-refractivity contribution in [1.82, 2.24) is 19.7 Å². The van der Waals surface area contributed by atoms with Crippen molar-refractivity contribution in [2.75, 3.05) is 12.4 Å². The lowest BCUT2D eigenvalue weighted by atomic mass is 10.3. The molecular weight excluding hydrogens is 278 g/mol. The fourth-order valence-electron chi connectivity index (χ4n) is 1.94. The highest BCUT2D eigenvalue weighted by molar-refractivity contribution is 6.32. The Bertz CT molecular complexity index is 771. The van der Waals surface area contributed by atoms with Gasteiger partial charge in [-0.1, -0.05) is 11.6 Å². The Morgan fingerprint density at radius 3 is 2.90 bits per heavy atom. The molecule has 0 radical (unpaired) electrons. The maximum absolute atomic E-state index is 6.10. The van der Waals surface area contributed by atoms with Gasteiger partial charge in [0.2, 0.25) is 0 Å². The third-order valence-electron chi connectivity index (χ3n) is 2.94. The molecular formula is C13H12ClN5O. The second kappa shape index (κ2) is 4.97. The lowest BCUT2D eigenvalue weighted by Gasteiger charge is -2.08. The van der Waals surface area contributed by atoms with E-state index in [2.05, 4.69) is 20.4 Å². The van der Waals surface area contributed by atoms with Crippen molar-refractivity contribution in [1.29, 1.82) is 0 Å². The lowest BCUT2D eigenvalue weighted by Crippen LogP contribution is -1.97. The number of nitrogens with one attached hydrogen (secondary N) is 1. The maximum Gasteiger partial charge on any atom is 0.163 e. The molecule has 3 rings (SSSR count). The number of hydrogen-bond donors (Lipinski definition) is 1. The average molecular weight is 290 g/mol. The van der Waals surface area contributed by atoms with Crippen molar-refractivity contribution in [2.24, 2.45) is 7.05 Å². The number of aryl methyl sites for hydroxylation is 1. The summed E-state index contributed by atoms with van der Waals surface area (Å²) in [6.07, 6.45) is 3.22. The second-order valence-electron chi connectivity index (χ2n) is 4.20. The van der Waals surface area contributed by atoms with E-state index in [4.69, 9.17) is 16.3 Å². The summed E-state index contributed by atoms with van der Waals surface area (Å²) < 4.78 is 6.82. The zero-order valence-electron chi connectivity index (χ0n) is 11.0. The van der Waals surface area contributed by atoms with Crippen LogP contribution < -0.4 is 10.1 Å². The van der Waals surface area contributed by atoms with Crippen LogP contribution in [0.25, 0.3) is 11.0 Å². The summed E-state index contributed by atoms with van der Waals surface area (Å²) >= 11 is 6.10. The van der Waals surface area contributed by atoms with Crippen LogP contribution in [0.4, 0.5) is 11.5 Å². The number of rotatable bonds is 3. The molecule has 102 valence electrons. The Balaban J connectivity index is 1.99. The van der Waals surface area contributed by atoms with Crippen LogP contribution in [0.2, 0.25) is 5.02 Å². The summed E-state index contributed by atoms with van der Waals surface area (Å²) in [5, 5.41) is 8.76. The van der Waals surface area contributed by atoms with Crippen LogP contribution in [0, 0.1) is 0 Å². The lowest BCUT2D eigenvalue weighted by molar-refractivity contribution is 0.415. The van der Waals surface area contributed by atoms with E-state index >= 15 is 0 Å². The quantitative estimate of drug-likeness (QED) is 0.803. The molecule has 1 aromatic carbocycles. The van der Waals surface area contributed by atoms with Gasteiger partial charge in [-0.3, -0.25) is 4.68 Å². The van der Waals surface area contributed by atoms with Gasteiger partial charge >= 0.3 is 0 Å². The van der Waals surface area contributed by atoms with E-state index < -0.39 is 0 Å². The first kappa shape index (κ1) is 12.7. The SMILES string of the molecule is COc1ccc(Nc2ncnc3c2cnn3C)cc1Cl. The molecule has 0 aliphatic carbocycles. The minimum atomic E-state index is 0.536. The van der Waals surface area contributed by atoms with Gasteiger partial charge in [-0.15, -0.1) is 0 Å². The monoisotopic (exact) mass is 289 g/mol. The molecule has 2 aromatic heterocycles. The molecule has 0 bridgehead atoms. The third kappa shape index (κ3) is 2.14. The number of ether oxygens (including phenoxy) is 1. The van der Waals surface area contributed by atoms with E-state index in [1.165, 1.54) is 6.33 Å². The highest BCUT2D eigenvalue weighted by Gasteiger charge is 2.09. The van der Waals surface area contributed by atoms with Crippen LogP contribution in [0.5, 0.6) is 5.75 Å². The number of nitrogens with zero attached hydrogens (tertiary/aromatic N) is 4. The highest BCUT2D eigenvalue weighted by Crippen LogP contribution is 2.29. The Labute approximate surface area is 120 Å². The van der Waals surface area contributed by atoms with Crippen molar-refractivity contribution in [3.05, 3.63) is 35.7 Å². The first-order valence-corrected chi connectivity index (χ1v) is 6.30. The van der Waals surface area contributed by atoms with Crippen molar-refractivity contribution < 1.29 is 4.74 Å². The summed E-state index contributed by atoms with van der Waals surface area (Å²) in [5.74, 6) is 1.32. The van der Waals surface area contributed by atoms with Crippen LogP contribution in [-0.4, -0.2) is 26.9 Å². The molecule has 0 spiro atoms. The van der Waals surface area contributed by atoms with E-state index in [-0.39, 0.29) is 0 Å². The molecule has 0 fully saturated rings. The van der Waals surface area contributed by atoms with E-state index in [0.29, 0.717) is 16.6 Å². The minimum Gasteiger partial charge on any atom is -0.495 e. The zero-order valence-corrected chi connectivity index (χ0v) is 11.7. The Kier molecular flexibility index (Phi) is 3.15. The summed E-state index contributed by atoms with van der Waals surface area (Å²) in [4.78, 5) is 8.43. The van der Waals surface area contributed by atoms with Gasteiger partial charge in [-0.25, -0.2) is 9.97 Å². The van der Waals surface area contributed by atoms with Crippen molar-refractivity contribution in [3.63, 3.8) is 0 Å². The highest BCUT2D eigenvalue weighted by atomic mass is 35.5. The third-order valence-corrected chi connectivity index (χ3v) is 3.24. The van der Waals surface area contributed by atoms with Gasteiger partial charge in [-0.05, 0) is 18.2 Å². The number of halogens is 1. The average Bonchev–Trinajstić information content (AvgIpc) is 2.82. The molecule has 0 aliphatic rings. The number of fused-ring (bicyclic) bond motifs is 1. The number of hydrogen-bond acceptors (Lipinski definition) is 5. The van der Waals surface area contributed by atoms with Gasteiger partial charge in [0.05, 0.1) is 23.7 Å². The van der Waals surface area contributed by atoms with Gasteiger partial charge in [0.1, 0.15) is 17.9 Å². The van der Waals surface area contributed by atoms with E-state index in [0.717, 1.165) is 16.7 Å². The summed E-state index contributed by atoms with van der Waals surface area (Å²) in [6, 6.07) is 5.45. The molecule has 0 saturated carbocycles. The standard InChI is InChI=1S/C13H12ClN5O/c1-19-13-9(6-17-19)12(15-7-16-13)18-8-3-4-11(20-2)10(14)5-8/h3-7H,1-2H3,(H,15,16,18). The molecule has 6 nitrogen and oxygen atoms in total. The fourth-order valence-corrected chi connectivity index (χ4v) is 2.20. The van der Waals surface area contributed by atoms with E-state index in [1.807, 2.05) is 13.1 Å². The number of aromatic nitrogens is 4. The molecule has 7 heteroatoms. The first-order valence-electron chi connectivity index (χ1n) is 5.92. The Morgan fingerprint density at radius 1 is 1.30 bits per heavy atom. The largest absolute Gasteiger partial charge is 0.495 e. The minimum absolute atomic E-state index is 0.536. The fraction of sp³-hybridized carbons (Fsp3) is 0.154. The van der Waals surface area contributed by atoms with Crippen LogP contribution in [-0.2, 0) is 7.05 Å². The van der Waals surface area contributed by atoms with Gasteiger partial charge < -0.3 is 10.1 Å². The molecule has 0 amide bonds. The molecule has 2 heterocycles. The maximum atomic E-state index is 6.10. The Morgan fingerprint density at radius 2 is 2.15 bits per heavy atom. The topological polar surface area (TPSA) is 64.9 Å². The molecule has 3 aromatic rings. The predicted octanol–water partition coefficient (Wildman–Crippen LogP) is 2.77. The first-order chi connectivity index (χ1) is 9.69. The summed E-state index contributed by atoms with van der Waals surface area (Å²) in [6.45, 7) is 0. The van der Waals surface area contributed by atoms with Crippen LogP contribution in [0.15, 0.2) is 30.7 Å². The normalized spacial score (nSPS) is 10.8. The van der Waals surface area contributed by atoms with Crippen molar-refractivity contribution >= 4 is 34.1 Å². The van der Waals surface area contributed by atoms with E-state index in [9.17, 15) is 0 Å². The smallest absolute Gasteiger partial charge is 0.163 e. The number of benzene rings is 1. The van der Waals surface area contributed by atoms with Gasteiger partial charge in [0.15, 0.2) is 5.65 Å². The molecule has 1 N–H and O–H groups in total. The van der Waals surface area contributed by atoms with Gasteiger partial charge in [0.25, 0.3) is 0 Å². The molecule has 20 heavy (non-hydrogen) atoms. The molecule has 0 atom stereocenters. The second-order valence-corrected chi connectivity index (χ2v) is 4.61. The summed E-state index contributed by atoms with van der Waals surface area (Å²) in [5.41, 5.74) is 1.58. The number of methoxy groups -OCH3 is 1. The zero-order chi connectivity index (χ0) is 14.1. The van der Waals surface area contributed by atoms with Crippen molar-refractivity contribution in [3.8, 4) is 5.75 Å². The molecule has 0 saturated heterocycles. The van der Waals surface area contributed by atoms with Crippen molar-refractivity contribution in [2.45, 2.75) is 0 Å². The molecule has 0 aliphatic heterocycles. The van der Waals surface area contributed by atoms with Gasteiger partial charge in [0, 0.05) is 12.7 Å². The molecule has 0 unspecified atom stereocenters. The summed E-state index contributed by atoms with van der Waals surface area (Å²) in [7, 11) is 3.42. The van der Waals surface area contributed by atoms with Gasteiger partial charge in [-0.2, -0.15) is 5.10 Å². The predicted molar refractivity (Wildman–Crippen MR) is 77.6 cm³/mol. The van der Waals surface area contributed by atoms with Crippen LogP contribution in [0.3, 0.4) is 0 Å². The van der Waals surface area contributed by atoms with Crippen LogP contribution in [0.1, 0.15) is 0 Å².